The van der Waals surface area contributed by atoms with E-state index < -0.39 is 11.6 Å². The van der Waals surface area contributed by atoms with Crippen LogP contribution in [0.15, 0.2) is 36.4 Å². The predicted molar refractivity (Wildman–Crippen MR) is 79.2 cm³/mol. The topological polar surface area (TPSA) is 30.5 Å². The highest BCUT2D eigenvalue weighted by Gasteiger charge is 2.22. The van der Waals surface area contributed by atoms with Gasteiger partial charge in [-0.05, 0) is 35.7 Å². The van der Waals surface area contributed by atoms with Crippen LogP contribution >= 0.6 is 0 Å². The van der Waals surface area contributed by atoms with E-state index in [0.717, 1.165) is 29.5 Å². The molecule has 1 aliphatic rings. The standard InChI is InChI=1S/C17H17F2NO2/c1-21-16-4-2-3-12-8-13(10-22-17(12)16)20-9-11-5-6-14(18)15(19)7-11/h2-7,13,20H,8-10H2,1H3. The van der Waals surface area contributed by atoms with Gasteiger partial charge in [0, 0.05) is 12.6 Å². The SMILES string of the molecule is COc1cccc2c1OCC(NCc1ccc(F)c(F)c1)C2. The summed E-state index contributed by atoms with van der Waals surface area (Å²) in [5.41, 5.74) is 1.78. The number of hydrogen-bond acceptors (Lipinski definition) is 3. The first-order valence-electron chi connectivity index (χ1n) is 7.13. The summed E-state index contributed by atoms with van der Waals surface area (Å²) in [6.07, 6.45) is 0.802. The Morgan fingerprint density at radius 1 is 1.23 bits per heavy atom. The maximum absolute atomic E-state index is 13.2. The molecule has 0 saturated carbocycles. The lowest BCUT2D eigenvalue weighted by Crippen LogP contribution is -2.38. The molecule has 3 rings (SSSR count). The Labute approximate surface area is 127 Å². The molecule has 1 heterocycles. The fourth-order valence-corrected chi connectivity index (χ4v) is 2.60. The number of rotatable bonds is 4. The predicted octanol–water partition coefficient (Wildman–Crippen LogP) is 3.07. The lowest BCUT2D eigenvalue weighted by atomic mass is 10.0. The smallest absolute Gasteiger partial charge is 0.164 e. The van der Waals surface area contributed by atoms with Gasteiger partial charge in [-0.25, -0.2) is 8.78 Å². The Balaban J connectivity index is 1.64. The van der Waals surface area contributed by atoms with Crippen LogP contribution < -0.4 is 14.8 Å². The van der Waals surface area contributed by atoms with Gasteiger partial charge in [0.25, 0.3) is 0 Å². The lowest BCUT2D eigenvalue weighted by molar-refractivity contribution is 0.226. The molecular formula is C17H17F2NO2. The molecule has 0 aromatic heterocycles. The molecule has 5 heteroatoms. The molecule has 3 nitrogen and oxygen atoms in total. The number of benzene rings is 2. The summed E-state index contributed by atoms with van der Waals surface area (Å²) in [6.45, 7) is 0.974. The molecule has 0 aliphatic carbocycles. The molecule has 22 heavy (non-hydrogen) atoms. The van der Waals surface area contributed by atoms with Crippen molar-refractivity contribution in [3.05, 3.63) is 59.2 Å². The van der Waals surface area contributed by atoms with Crippen molar-refractivity contribution in [2.45, 2.75) is 19.0 Å². The normalized spacial score (nSPS) is 16.8. The molecule has 0 saturated heterocycles. The zero-order valence-corrected chi connectivity index (χ0v) is 12.2. The molecule has 0 spiro atoms. The minimum absolute atomic E-state index is 0.118. The van der Waals surface area contributed by atoms with Gasteiger partial charge in [-0.2, -0.15) is 0 Å². The summed E-state index contributed by atoms with van der Waals surface area (Å²) in [7, 11) is 1.62. The zero-order chi connectivity index (χ0) is 15.5. The number of fused-ring (bicyclic) bond motifs is 1. The molecule has 0 radical (unpaired) electrons. The molecule has 1 N–H and O–H groups in total. The van der Waals surface area contributed by atoms with Gasteiger partial charge in [0.1, 0.15) is 6.61 Å². The fourth-order valence-electron chi connectivity index (χ4n) is 2.60. The average molecular weight is 305 g/mol. The Hall–Kier alpha value is -2.14. The fraction of sp³-hybridized carbons (Fsp3) is 0.294. The Bertz CT molecular complexity index is 676. The van der Waals surface area contributed by atoms with Crippen molar-refractivity contribution in [1.29, 1.82) is 0 Å². The second-order valence-corrected chi connectivity index (χ2v) is 5.29. The zero-order valence-electron chi connectivity index (χ0n) is 12.2. The first kappa shape index (κ1) is 14.8. The highest BCUT2D eigenvalue weighted by Crippen LogP contribution is 2.34. The Morgan fingerprint density at radius 3 is 2.86 bits per heavy atom. The number of para-hydroxylation sites is 1. The van der Waals surface area contributed by atoms with Crippen LogP contribution in [0.25, 0.3) is 0 Å². The largest absolute Gasteiger partial charge is 0.493 e. The summed E-state index contributed by atoms with van der Waals surface area (Å²) in [6, 6.07) is 9.85. The van der Waals surface area contributed by atoms with E-state index in [2.05, 4.69) is 5.32 Å². The third kappa shape index (κ3) is 3.04. The highest BCUT2D eigenvalue weighted by atomic mass is 19.2. The molecule has 1 aliphatic heterocycles. The summed E-state index contributed by atoms with van der Waals surface area (Å²) in [4.78, 5) is 0. The average Bonchev–Trinajstić information content (AvgIpc) is 2.55. The third-order valence-corrected chi connectivity index (χ3v) is 3.75. The number of ether oxygens (including phenoxy) is 2. The van der Waals surface area contributed by atoms with E-state index in [0.29, 0.717) is 18.7 Å². The van der Waals surface area contributed by atoms with E-state index in [9.17, 15) is 8.78 Å². The van der Waals surface area contributed by atoms with Crippen LogP contribution in [-0.4, -0.2) is 19.8 Å². The quantitative estimate of drug-likeness (QED) is 0.941. The Kier molecular flexibility index (Phi) is 4.24. The monoisotopic (exact) mass is 305 g/mol. The van der Waals surface area contributed by atoms with Gasteiger partial charge < -0.3 is 14.8 Å². The van der Waals surface area contributed by atoms with Gasteiger partial charge >= 0.3 is 0 Å². The van der Waals surface area contributed by atoms with Crippen molar-refractivity contribution in [2.24, 2.45) is 0 Å². The first-order valence-corrected chi connectivity index (χ1v) is 7.13. The highest BCUT2D eigenvalue weighted by molar-refractivity contribution is 5.48. The molecule has 1 atom stereocenters. The van der Waals surface area contributed by atoms with Crippen molar-refractivity contribution >= 4 is 0 Å². The summed E-state index contributed by atoms with van der Waals surface area (Å²) < 4.78 is 37.1. The minimum atomic E-state index is -0.828. The van der Waals surface area contributed by atoms with Gasteiger partial charge in [-0.3, -0.25) is 0 Å². The van der Waals surface area contributed by atoms with E-state index in [4.69, 9.17) is 9.47 Å². The van der Waals surface area contributed by atoms with Crippen LogP contribution in [-0.2, 0) is 13.0 Å². The number of hydrogen-bond donors (Lipinski definition) is 1. The van der Waals surface area contributed by atoms with E-state index in [1.807, 2.05) is 18.2 Å². The van der Waals surface area contributed by atoms with Gasteiger partial charge in [-0.15, -0.1) is 0 Å². The molecule has 0 fully saturated rings. The van der Waals surface area contributed by atoms with Gasteiger partial charge in [0.05, 0.1) is 7.11 Å². The van der Waals surface area contributed by atoms with Crippen LogP contribution in [0.4, 0.5) is 8.78 Å². The molecular weight excluding hydrogens is 288 g/mol. The molecule has 116 valence electrons. The second-order valence-electron chi connectivity index (χ2n) is 5.29. The maximum atomic E-state index is 13.2. The summed E-state index contributed by atoms with van der Waals surface area (Å²) in [5, 5.41) is 3.31. The van der Waals surface area contributed by atoms with E-state index >= 15 is 0 Å². The van der Waals surface area contributed by atoms with Gasteiger partial charge in [-0.1, -0.05) is 18.2 Å². The van der Waals surface area contributed by atoms with Crippen molar-refractivity contribution in [3.63, 3.8) is 0 Å². The van der Waals surface area contributed by atoms with E-state index in [-0.39, 0.29) is 6.04 Å². The van der Waals surface area contributed by atoms with Crippen molar-refractivity contribution in [3.8, 4) is 11.5 Å². The second kappa shape index (κ2) is 6.32. The molecule has 2 aromatic rings. The van der Waals surface area contributed by atoms with E-state index in [1.165, 1.54) is 6.07 Å². The van der Waals surface area contributed by atoms with Crippen LogP contribution in [0.1, 0.15) is 11.1 Å². The van der Waals surface area contributed by atoms with Crippen LogP contribution in [0.3, 0.4) is 0 Å². The van der Waals surface area contributed by atoms with Crippen molar-refractivity contribution < 1.29 is 18.3 Å². The van der Waals surface area contributed by atoms with Crippen LogP contribution in [0.2, 0.25) is 0 Å². The van der Waals surface area contributed by atoms with Crippen LogP contribution in [0.5, 0.6) is 11.5 Å². The molecule has 1 unspecified atom stereocenters. The molecule has 0 bridgehead atoms. The van der Waals surface area contributed by atoms with Gasteiger partial charge in [0.2, 0.25) is 0 Å². The number of halogens is 2. The van der Waals surface area contributed by atoms with Crippen molar-refractivity contribution in [1.82, 2.24) is 5.32 Å². The lowest BCUT2D eigenvalue weighted by Gasteiger charge is -2.27. The number of nitrogens with one attached hydrogen (secondary N) is 1. The van der Waals surface area contributed by atoms with Gasteiger partial charge in [0.15, 0.2) is 23.1 Å². The minimum Gasteiger partial charge on any atom is -0.493 e. The maximum Gasteiger partial charge on any atom is 0.164 e. The van der Waals surface area contributed by atoms with E-state index in [1.54, 1.807) is 13.2 Å². The van der Waals surface area contributed by atoms with Crippen LogP contribution in [0, 0.1) is 11.6 Å². The Morgan fingerprint density at radius 2 is 2.09 bits per heavy atom. The third-order valence-electron chi connectivity index (χ3n) is 3.75. The summed E-state index contributed by atoms with van der Waals surface area (Å²) in [5.74, 6) is -0.132. The first-order chi connectivity index (χ1) is 10.7. The molecule has 0 amide bonds. The summed E-state index contributed by atoms with van der Waals surface area (Å²) >= 11 is 0. The van der Waals surface area contributed by atoms with Crippen molar-refractivity contribution in [2.75, 3.05) is 13.7 Å². The molecule has 2 aromatic carbocycles. The number of methoxy groups -OCH3 is 1.